The fourth-order valence-electron chi connectivity index (χ4n) is 0.353. The molecule has 0 aliphatic carbocycles. The van der Waals surface area contributed by atoms with Crippen LogP contribution in [0.5, 0.6) is 0 Å². The van der Waals surface area contributed by atoms with Gasteiger partial charge in [-0.05, 0) is 19.4 Å². The number of hydrogen-bond acceptors (Lipinski definition) is 1. The Morgan fingerprint density at radius 3 is 2.75 bits per heavy atom. The van der Waals surface area contributed by atoms with Gasteiger partial charge in [-0.3, -0.25) is 4.99 Å². The number of nitrogens with zero attached hydrogens (tertiary/aromatic N) is 1. The lowest BCUT2D eigenvalue weighted by atomic mass is 10.4. The molecule has 0 aliphatic rings. The number of aliphatic imine (C=N–C) groups is 1. The minimum absolute atomic E-state index is 0.928. The van der Waals surface area contributed by atoms with Gasteiger partial charge in [0, 0.05) is 12.3 Å². The van der Waals surface area contributed by atoms with Crippen LogP contribution in [0.3, 0.4) is 0 Å². The van der Waals surface area contributed by atoms with Crippen molar-refractivity contribution < 1.29 is 0 Å². The summed E-state index contributed by atoms with van der Waals surface area (Å²) in [5.41, 5.74) is 1.03. The van der Waals surface area contributed by atoms with Crippen molar-refractivity contribution in [1.29, 1.82) is 0 Å². The van der Waals surface area contributed by atoms with Gasteiger partial charge in [0.2, 0.25) is 0 Å². The zero-order chi connectivity index (χ0) is 6.41. The van der Waals surface area contributed by atoms with Crippen molar-refractivity contribution >= 4 is 5.71 Å². The molecule has 0 fully saturated rings. The van der Waals surface area contributed by atoms with Crippen molar-refractivity contribution in [3.8, 4) is 0 Å². The molecule has 1 heteroatoms. The molecule has 0 bridgehead atoms. The molecule has 46 valence electrons. The van der Waals surface area contributed by atoms with Crippen molar-refractivity contribution in [1.82, 2.24) is 0 Å². The van der Waals surface area contributed by atoms with Crippen LogP contribution >= 0.6 is 0 Å². The quantitative estimate of drug-likeness (QED) is 0.494. The van der Waals surface area contributed by atoms with Gasteiger partial charge in [-0.2, -0.15) is 0 Å². The standard InChI is InChI=1S/C7H13N/c1-4-6-8-7(3)5-2/h5H,2,4,6H2,1,3H3/b8-7-. The van der Waals surface area contributed by atoms with Gasteiger partial charge >= 0.3 is 0 Å². The molecule has 8 heavy (non-hydrogen) atoms. The maximum absolute atomic E-state index is 4.16. The Labute approximate surface area is 51.1 Å². The third-order valence-electron chi connectivity index (χ3n) is 0.880. The summed E-state index contributed by atoms with van der Waals surface area (Å²) in [5, 5.41) is 0. The molecule has 1 nitrogen and oxygen atoms in total. The maximum atomic E-state index is 4.16. The predicted octanol–water partition coefficient (Wildman–Crippen LogP) is 2.04. The highest BCUT2D eigenvalue weighted by Crippen LogP contribution is 1.81. The molecule has 0 radical (unpaired) electrons. The van der Waals surface area contributed by atoms with Crippen LogP contribution in [-0.4, -0.2) is 12.3 Å². The molecule has 0 unspecified atom stereocenters. The lowest BCUT2D eigenvalue weighted by molar-refractivity contribution is 0.932. The first-order valence-corrected chi connectivity index (χ1v) is 2.94. The molecule has 0 heterocycles. The summed E-state index contributed by atoms with van der Waals surface area (Å²) in [6.45, 7) is 8.58. The average molecular weight is 111 g/mol. The summed E-state index contributed by atoms with van der Waals surface area (Å²) in [5.74, 6) is 0. The highest BCUT2D eigenvalue weighted by molar-refractivity contribution is 5.92. The minimum Gasteiger partial charge on any atom is -0.290 e. The minimum atomic E-state index is 0.928. The summed E-state index contributed by atoms with van der Waals surface area (Å²) < 4.78 is 0. The van der Waals surface area contributed by atoms with Crippen LogP contribution in [0.25, 0.3) is 0 Å². The van der Waals surface area contributed by atoms with Crippen LogP contribution in [0.15, 0.2) is 17.6 Å². The smallest absolute Gasteiger partial charge is 0.0389 e. The van der Waals surface area contributed by atoms with E-state index in [0.29, 0.717) is 0 Å². The molecule has 0 N–H and O–H groups in total. The molecular weight excluding hydrogens is 98.1 g/mol. The Bertz CT molecular complexity index is 92.6. The zero-order valence-electron chi connectivity index (χ0n) is 5.65. The van der Waals surface area contributed by atoms with E-state index in [1.807, 2.05) is 6.92 Å². The predicted molar refractivity (Wildman–Crippen MR) is 38.5 cm³/mol. The highest BCUT2D eigenvalue weighted by Gasteiger charge is 1.76. The second-order valence-corrected chi connectivity index (χ2v) is 1.73. The third-order valence-corrected chi connectivity index (χ3v) is 0.880. The molecule has 0 aliphatic heterocycles. The molecular formula is C7H13N. The van der Waals surface area contributed by atoms with E-state index in [1.54, 1.807) is 6.08 Å². The maximum Gasteiger partial charge on any atom is 0.0389 e. The summed E-state index contributed by atoms with van der Waals surface area (Å²) in [7, 11) is 0. The Hall–Kier alpha value is -0.590. The van der Waals surface area contributed by atoms with Crippen LogP contribution in [0.2, 0.25) is 0 Å². The highest BCUT2D eigenvalue weighted by atomic mass is 14.7. The number of allylic oxidation sites excluding steroid dienone is 1. The van der Waals surface area contributed by atoms with Crippen LogP contribution in [0.4, 0.5) is 0 Å². The van der Waals surface area contributed by atoms with Crippen LogP contribution < -0.4 is 0 Å². The molecule has 0 rings (SSSR count). The zero-order valence-corrected chi connectivity index (χ0v) is 5.65. The Morgan fingerprint density at radius 1 is 1.75 bits per heavy atom. The lowest BCUT2D eigenvalue weighted by Gasteiger charge is -1.87. The van der Waals surface area contributed by atoms with Gasteiger partial charge in [-0.15, -0.1) is 0 Å². The van der Waals surface area contributed by atoms with E-state index in [4.69, 9.17) is 0 Å². The number of rotatable bonds is 3. The Balaban J connectivity index is 3.40. The second-order valence-electron chi connectivity index (χ2n) is 1.73. The first kappa shape index (κ1) is 7.41. The number of hydrogen-bond donors (Lipinski definition) is 0. The van der Waals surface area contributed by atoms with Gasteiger partial charge in [0.25, 0.3) is 0 Å². The monoisotopic (exact) mass is 111 g/mol. The van der Waals surface area contributed by atoms with Gasteiger partial charge in [-0.25, -0.2) is 0 Å². The second kappa shape index (κ2) is 4.57. The van der Waals surface area contributed by atoms with E-state index in [9.17, 15) is 0 Å². The van der Waals surface area contributed by atoms with Gasteiger partial charge in [0.15, 0.2) is 0 Å². The van der Waals surface area contributed by atoms with E-state index in [2.05, 4.69) is 18.5 Å². The van der Waals surface area contributed by atoms with Crippen LogP contribution in [0.1, 0.15) is 20.3 Å². The van der Waals surface area contributed by atoms with Crippen molar-refractivity contribution in [2.45, 2.75) is 20.3 Å². The largest absolute Gasteiger partial charge is 0.290 e. The van der Waals surface area contributed by atoms with Gasteiger partial charge in [0.1, 0.15) is 0 Å². The van der Waals surface area contributed by atoms with E-state index < -0.39 is 0 Å². The van der Waals surface area contributed by atoms with E-state index in [0.717, 1.165) is 18.7 Å². The van der Waals surface area contributed by atoms with Crippen molar-refractivity contribution in [3.05, 3.63) is 12.7 Å². The Kier molecular flexibility index (Phi) is 4.23. The fraction of sp³-hybridized carbons (Fsp3) is 0.571. The molecule has 0 spiro atoms. The lowest BCUT2D eigenvalue weighted by Crippen LogP contribution is -1.85. The summed E-state index contributed by atoms with van der Waals surface area (Å²) >= 11 is 0. The summed E-state index contributed by atoms with van der Waals surface area (Å²) in [6, 6.07) is 0. The molecule has 0 atom stereocenters. The van der Waals surface area contributed by atoms with Gasteiger partial charge in [0.05, 0.1) is 0 Å². The molecule has 0 amide bonds. The van der Waals surface area contributed by atoms with Crippen LogP contribution in [-0.2, 0) is 0 Å². The molecule has 0 saturated heterocycles. The first-order valence-electron chi connectivity index (χ1n) is 2.94. The van der Waals surface area contributed by atoms with E-state index in [-0.39, 0.29) is 0 Å². The third kappa shape index (κ3) is 3.59. The van der Waals surface area contributed by atoms with E-state index >= 15 is 0 Å². The summed E-state index contributed by atoms with van der Waals surface area (Å²) in [6.07, 6.45) is 2.89. The molecule has 0 aromatic carbocycles. The molecule has 0 aromatic heterocycles. The molecule has 0 aromatic rings. The van der Waals surface area contributed by atoms with Gasteiger partial charge in [-0.1, -0.05) is 13.5 Å². The Morgan fingerprint density at radius 2 is 2.38 bits per heavy atom. The van der Waals surface area contributed by atoms with Crippen molar-refractivity contribution in [2.75, 3.05) is 6.54 Å². The van der Waals surface area contributed by atoms with Gasteiger partial charge < -0.3 is 0 Å². The first-order chi connectivity index (χ1) is 3.81. The van der Waals surface area contributed by atoms with Crippen molar-refractivity contribution in [2.24, 2.45) is 4.99 Å². The fourth-order valence-corrected chi connectivity index (χ4v) is 0.353. The SMILES string of the molecule is C=C/C(C)=N\CCC. The van der Waals surface area contributed by atoms with Crippen LogP contribution in [0, 0.1) is 0 Å². The summed E-state index contributed by atoms with van der Waals surface area (Å²) in [4.78, 5) is 4.16. The molecule has 0 saturated carbocycles. The topological polar surface area (TPSA) is 12.4 Å². The normalized spacial score (nSPS) is 11.5. The van der Waals surface area contributed by atoms with Crippen molar-refractivity contribution in [3.63, 3.8) is 0 Å². The van der Waals surface area contributed by atoms with E-state index in [1.165, 1.54) is 0 Å². The average Bonchev–Trinajstić information content (AvgIpc) is 1.83.